The molecule has 1 saturated heterocycles. The number of nitrogens with one attached hydrogen (secondary N) is 1. The predicted octanol–water partition coefficient (Wildman–Crippen LogP) is 2.98. The van der Waals surface area contributed by atoms with Crippen molar-refractivity contribution in [2.24, 2.45) is 0 Å². The summed E-state index contributed by atoms with van der Waals surface area (Å²) in [5.74, 6) is -0.266. The van der Waals surface area contributed by atoms with Gasteiger partial charge in [0.1, 0.15) is 11.9 Å². The quantitative estimate of drug-likeness (QED) is 0.814. The Hall–Kier alpha value is -2.50. The second-order valence-corrected chi connectivity index (χ2v) is 4.82. The topological polar surface area (TPSA) is 81.1 Å². The summed E-state index contributed by atoms with van der Waals surface area (Å²) in [6, 6.07) is 6.35. The van der Waals surface area contributed by atoms with Crippen LogP contribution < -0.4 is 10.9 Å². The van der Waals surface area contributed by atoms with Gasteiger partial charge in [0.2, 0.25) is 11.8 Å². The molecule has 24 heavy (non-hydrogen) atoms. The number of fused-ring (bicyclic) bond motifs is 1. The Morgan fingerprint density at radius 2 is 1.75 bits per heavy atom. The van der Waals surface area contributed by atoms with E-state index < -0.39 is 11.9 Å². The Labute approximate surface area is 143 Å². The number of aromatic nitrogens is 2. The maximum absolute atomic E-state index is 12.5. The second kappa shape index (κ2) is 8.96. The molecule has 1 aliphatic heterocycles. The summed E-state index contributed by atoms with van der Waals surface area (Å²) < 4.78 is 1.38. The fourth-order valence-electron chi connectivity index (χ4n) is 2.55. The molecule has 0 bridgehead atoms. The lowest BCUT2D eigenvalue weighted by atomic mass is 10.1. The zero-order valence-corrected chi connectivity index (χ0v) is 14.9. The summed E-state index contributed by atoms with van der Waals surface area (Å²) in [5, 5.41) is 2.74. The highest BCUT2D eigenvalue weighted by molar-refractivity contribution is 5.99. The normalized spacial score (nSPS) is 16.5. The van der Waals surface area contributed by atoms with E-state index in [9.17, 15) is 14.4 Å². The first-order chi connectivity index (χ1) is 11.6. The number of nitrogens with zero attached hydrogens (tertiary/aromatic N) is 2. The van der Waals surface area contributed by atoms with Gasteiger partial charge in [-0.15, -0.1) is 0 Å². The van der Waals surface area contributed by atoms with Crippen LogP contribution in [0.25, 0.3) is 10.9 Å². The SMILES string of the molecule is CC.CC.Cc1nc2ccccc2c(=O)n1C1CCC(=O)NC1=O.[HH]. The summed E-state index contributed by atoms with van der Waals surface area (Å²) in [6.07, 6.45) is 0.556. The molecule has 2 heterocycles. The number of rotatable bonds is 1. The lowest BCUT2D eigenvalue weighted by Crippen LogP contribution is -2.45. The van der Waals surface area contributed by atoms with Crippen LogP contribution in [-0.4, -0.2) is 21.4 Å². The van der Waals surface area contributed by atoms with Crippen molar-refractivity contribution in [1.29, 1.82) is 0 Å². The Bertz CT molecular complexity index is 787. The van der Waals surface area contributed by atoms with E-state index in [-0.39, 0.29) is 19.3 Å². The lowest BCUT2D eigenvalue weighted by Gasteiger charge is -2.24. The van der Waals surface area contributed by atoms with Crippen LogP contribution in [-0.2, 0) is 9.59 Å². The summed E-state index contributed by atoms with van der Waals surface area (Å²) in [6.45, 7) is 9.69. The molecule has 0 aliphatic carbocycles. The third-order valence-electron chi connectivity index (χ3n) is 3.51. The molecule has 1 aromatic carbocycles. The fourth-order valence-corrected chi connectivity index (χ4v) is 2.55. The van der Waals surface area contributed by atoms with Gasteiger partial charge >= 0.3 is 0 Å². The monoisotopic (exact) mass is 333 g/mol. The highest BCUT2D eigenvalue weighted by Crippen LogP contribution is 2.19. The molecule has 1 aromatic heterocycles. The van der Waals surface area contributed by atoms with Crippen molar-refractivity contribution in [3.8, 4) is 0 Å². The van der Waals surface area contributed by atoms with Crippen molar-refractivity contribution >= 4 is 22.7 Å². The van der Waals surface area contributed by atoms with E-state index in [1.165, 1.54) is 4.57 Å². The molecule has 1 unspecified atom stereocenters. The number of piperidine rings is 1. The first-order valence-corrected chi connectivity index (χ1v) is 8.39. The average Bonchev–Trinajstić information content (AvgIpc) is 2.60. The van der Waals surface area contributed by atoms with Gasteiger partial charge in [-0.25, -0.2) is 4.98 Å². The van der Waals surface area contributed by atoms with E-state index in [0.717, 1.165) is 0 Å². The van der Waals surface area contributed by atoms with E-state index in [0.29, 0.717) is 23.1 Å². The van der Waals surface area contributed by atoms with Crippen molar-refractivity contribution in [1.82, 2.24) is 14.9 Å². The molecule has 132 valence electrons. The van der Waals surface area contributed by atoms with Gasteiger partial charge in [-0.05, 0) is 25.5 Å². The van der Waals surface area contributed by atoms with Gasteiger partial charge in [0, 0.05) is 7.85 Å². The minimum atomic E-state index is -0.669. The predicted molar refractivity (Wildman–Crippen MR) is 97.0 cm³/mol. The first kappa shape index (κ1) is 19.5. The fraction of sp³-hybridized carbons (Fsp3) is 0.444. The zero-order chi connectivity index (χ0) is 18.3. The third kappa shape index (κ3) is 3.88. The molecular formula is C18H27N3O3. The molecule has 2 amide bonds. The average molecular weight is 333 g/mol. The Kier molecular flexibility index (Phi) is 7.30. The summed E-state index contributed by atoms with van der Waals surface area (Å²) >= 11 is 0. The van der Waals surface area contributed by atoms with Crippen molar-refractivity contribution in [2.75, 3.05) is 0 Å². The third-order valence-corrected chi connectivity index (χ3v) is 3.51. The minimum absolute atomic E-state index is 0. The maximum Gasteiger partial charge on any atom is 0.262 e. The molecule has 1 aliphatic rings. The van der Waals surface area contributed by atoms with E-state index in [2.05, 4.69) is 10.3 Å². The highest BCUT2D eigenvalue weighted by atomic mass is 16.2. The van der Waals surface area contributed by atoms with Crippen LogP contribution in [0.15, 0.2) is 29.1 Å². The van der Waals surface area contributed by atoms with Crippen LogP contribution >= 0.6 is 0 Å². The van der Waals surface area contributed by atoms with Gasteiger partial charge in [-0.1, -0.05) is 39.8 Å². The van der Waals surface area contributed by atoms with Crippen molar-refractivity contribution in [3.63, 3.8) is 0 Å². The van der Waals surface area contributed by atoms with Crippen LogP contribution in [0.3, 0.4) is 0 Å². The van der Waals surface area contributed by atoms with Gasteiger partial charge < -0.3 is 0 Å². The summed E-state index contributed by atoms with van der Waals surface area (Å²) in [7, 11) is 0. The molecule has 0 spiro atoms. The number of hydrogen-bond donors (Lipinski definition) is 1. The lowest BCUT2D eigenvalue weighted by molar-refractivity contribution is -0.135. The van der Waals surface area contributed by atoms with Crippen molar-refractivity contribution in [2.45, 2.75) is 53.5 Å². The van der Waals surface area contributed by atoms with Gasteiger partial charge in [-0.2, -0.15) is 0 Å². The number of hydrogen-bond acceptors (Lipinski definition) is 4. The van der Waals surface area contributed by atoms with Crippen molar-refractivity contribution in [3.05, 3.63) is 40.4 Å². The highest BCUT2D eigenvalue weighted by Gasteiger charge is 2.30. The molecule has 1 N–H and O–H groups in total. The number of carbonyl (C=O) groups is 2. The van der Waals surface area contributed by atoms with Gasteiger partial charge in [0.05, 0.1) is 10.9 Å². The number of aryl methyl sites for hydroxylation is 1. The van der Waals surface area contributed by atoms with E-state index in [4.69, 9.17) is 0 Å². The molecule has 6 nitrogen and oxygen atoms in total. The maximum atomic E-state index is 12.5. The van der Waals surface area contributed by atoms with E-state index in [1.807, 2.05) is 33.8 Å². The number of amides is 2. The molecular weight excluding hydrogens is 306 g/mol. The molecule has 1 atom stereocenters. The van der Waals surface area contributed by atoms with Crippen LogP contribution in [0.2, 0.25) is 0 Å². The second-order valence-electron chi connectivity index (χ2n) is 4.82. The Morgan fingerprint density at radius 1 is 1.12 bits per heavy atom. The van der Waals surface area contributed by atoms with Gasteiger partial charge in [-0.3, -0.25) is 24.3 Å². The molecule has 0 saturated carbocycles. The smallest absolute Gasteiger partial charge is 0.262 e. The van der Waals surface area contributed by atoms with Crippen LogP contribution in [0.1, 0.15) is 53.8 Å². The van der Waals surface area contributed by atoms with Crippen LogP contribution in [0, 0.1) is 6.92 Å². The molecule has 3 rings (SSSR count). The Morgan fingerprint density at radius 3 is 2.38 bits per heavy atom. The molecule has 6 heteroatoms. The number of para-hydroxylation sites is 1. The molecule has 2 aromatic rings. The van der Waals surface area contributed by atoms with Gasteiger partial charge in [0.25, 0.3) is 5.56 Å². The molecule has 1 fully saturated rings. The first-order valence-electron chi connectivity index (χ1n) is 8.39. The standard InChI is InChI=1S/C14H13N3O3.2C2H6.H2/c1-8-15-10-5-3-2-4-9(10)14(20)17(8)11-6-7-12(18)16-13(11)19;2*1-2;/h2-5,11H,6-7H2,1H3,(H,16,18,19);2*1-2H3;1H. The van der Waals surface area contributed by atoms with Crippen molar-refractivity contribution < 1.29 is 11.0 Å². The zero-order valence-electron chi connectivity index (χ0n) is 14.9. The summed E-state index contributed by atoms with van der Waals surface area (Å²) in [4.78, 5) is 40.0. The Balaban J connectivity index is 0.00000108. The van der Waals surface area contributed by atoms with Gasteiger partial charge in [0.15, 0.2) is 0 Å². The largest absolute Gasteiger partial charge is 0.295 e. The summed E-state index contributed by atoms with van der Waals surface area (Å²) in [5.41, 5.74) is 0.362. The van der Waals surface area contributed by atoms with Crippen LogP contribution in [0.5, 0.6) is 0 Å². The van der Waals surface area contributed by atoms with E-state index >= 15 is 0 Å². The van der Waals surface area contributed by atoms with E-state index in [1.54, 1.807) is 25.1 Å². The minimum Gasteiger partial charge on any atom is -0.295 e. The molecule has 0 radical (unpaired) electrons. The number of imide groups is 1. The van der Waals surface area contributed by atoms with Crippen LogP contribution in [0.4, 0.5) is 0 Å². The number of benzene rings is 1. The number of carbonyl (C=O) groups excluding carboxylic acids is 2.